The van der Waals surface area contributed by atoms with Gasteiger partial charge in [0.1, 0.15) is 0 Å². The van der Waals surface area contributed by atoms with Crippen molar-refractivity contribution >= 4 is 31.5 Å². The minimum atomic E-state index is -4.02. The minimum absolute atomic E-state index is 0.111. The monoisotopic (exact) mass is 423 g/mol. The Balaban J connectivity index is 1.75. The van der Waals surface area contributed by atoms with Gasteiger partial charge in [-0.3, -0.25) is 4.79 Å². The Morgan fingerprint density at radius 3 is 2.25 bits per heavy atom. The lowest BCUT2D eigenvalue weighted by Crippen LogP contribution is -2.25. The average Bonchev–Trinajstić information content (AvgIpc) is 3.42. The first-order chi connectivity index (χ1) is 13.0. The Kier molecular flexibility index (Phi) is 5.46. The molecule has 1 saturated carbocycles. The normalized spacial score (nSPS) is 14.5. The van der Waals surface area contributed by atoms with Crippen LogP contribution in [0.1, 0.15) is 28.8 Å². The Labute approximate surface area is 164 Å². The number of carbonyl (C=O) groups is 1. The van der Waals surface area contributed by atoms with E-state index < -0.39 is 19.9 Å². The molecule has 2 aromatic rings. The van der Waals surface area contributed by atoms with Crippen LogP contribution in [0.15, 0.2) is 52.3 Å². The molecule has 3 rings (SSSR count). The average molecular weight is 424 g/mol. The number of anilines is 1. The highest BCUT2D eigenvalue weighted by atomic mass is 32.2. The zero-order valence-corrected chi connectivity index (χ0v) is 16.8. The van der Waals surface area contributed by atoms with Gasteiger partial charge in [0.05, 0.1) is 15.5 Å². The van der Waals surface area contributed by atoms with E-state index in [-0.39, 0.29) is 27.4 Å². The molecular weight excluding hydrogens is 402 g/mol. The molecule has 0 aromatic heterocycles. The van der Waals surface area contributed by atoms with Gasteiger partial charge in [-0.05, 0) is 48.7 Å². The predicted octanol–water partition coefficient (Wildman–Crippen LogP) is 1.24. The maximum absolute atomic E-state index is 12.0. The molecule has 1 aliphatic rings. The SMILES string of the molecule is CS(=O)(=O)c1cc(S(N)(=O)=O)ccc1NCc1ccc(C(=O)NC2CC2)cc1. The molecule has 1 aliphatic carbocycles. The van der Waals surface area contributed by atoms with Crippen LogP contribution in [-0.2, 0) is 26.4 Å². The predicted molar refractivity (Wildman–Crippen MR) is 105 cm³/mol. The van der Waals surface area contributed by atoms with E-state index in [1.165, 1.54) is 12.1 Å². The summed E-state index contributed by atoms with van der Waals surface area (Å²) < 4.78 is 47.1. The first kappa shape index (κ1) is 20.3. The smallest absolute Gasteiger partial charge is 0.251 e. The van der Waals surface area contributed by atoms with Crippen LogP contribution in [0.5, 0.6) is 0 Å². The number of primary sulfonamides is 1. The van der Waals surface area contributed by atoms with Crippen molar-refractivity contribution in [3.05, 3.63) is 53.6 Å². The molecule has 1 amide bonds. The molecule has 0 saturated heterocycles. The molecule has 0 radical (unpaired) electrons. The summed E-state index contributed by atoms with van der Waals surface area (Å²) in [7, 11) is -7.70. The molecule has 150 valence electrons. The van der Waals surface area contributed by atoms with E-state index in [0.29, 0.717) is 12.1 Å². The second-order valence-corrected chi connectivity index (χ2v) is 10.3. The molecule has 0 aliphatic heterocycles. The Bertz CT molecular complexity index is 1110. The van der Waals surface area contributed by atoms with Crippen LogP contribution >= 0.6 is 0 Å². The molecule has 8 nitrogen and oxygen atoms in total. The van der Waals surface area contributed by atoms with Crippen molar-refractivity contribution in [2.45, 2.75) is 35.2 Å². The maximum atomic E-state index is 12.0. The van der Waals surface area contributed by atoms with Crippen LogP contribution in [0.3, 0.4) is 0 Å². The van der Waals surface area contributed by atoms with E-state index in [4.69, 9.17) is 5.14 Å². The van der Waals surface area contributed by atoms with Crippen LogP contribution < -0.4 is 15.8 Å². The highest BCUT2D eigenvalue weighted by Gasteiger charge is 2.23. The lowest BCUT2D eigenvalue weighted by Gasteiger charge is -2.13. The van der Waals surface area contributed by atoms with Crippen molar-refractivity contribution in [1.29, 1.82) is 0 Å². The summed E-state index contributed by atoms with van der Waals surface area (Å²) in [5.74, 6) is -0.111. The Morgan fingerprint density at radius 2 is 1.71 bits per heavy atom. The zero-order chi connectivity index (χ0) is 20.5. The van der Waals surface area contributed by atoms with E-state index in [0.717, 1.165) is 30.7 Å². The lowest BCUT2D eigenvalue weighted by atomic mass is 10.1. The number of sulfonamides is 1. The summed E-state index contributed by atoms with van der Waals surface area (Å²) >= 11 is 0. The fraction of sp³-hybridized carbons (Fsp3) is 0.278. The number of amides is 1. The number of benzene rings is 2. The van der Waals surface area contributed by atoms with Gasteiger partial charge < -0.3 is 10.6 Å². The van der Waals surface area contributed by atoms with E-state index in [2.05, 4.69) is 10.6 Å². The highest BCUT2D eigenvalue weighted by molar-refractivity contribution is 7.91. The van der Waals surface area contributed by atoms with Gasteiger partial charge in [-0.1, -0.05) is 12.1 Å². The number of carbonyl (C=O) groups excluding carboxylic acids is 1. The van der Waals surface area contributed by atoms with Crippen molar-refractivity contribution in [1.82, 2.24) is 5.32 Å². The van der Waals surface area contributed by atoms with Crippen molar-refractivity contribution in [2.24, 2.45) is 5.14 Å². The lowest BCUT2D eigenvalue weighted by molar-refractivity contribution is 0.0951. The van der Waals surface area contributed by atoms with Crippen molar-refractivity contribution in [2.75, 3.05) is 11.6 Å². The van der Waals surface area contributed by atoms with Gasteiger partial charge in [0, 0.05) is 24.4 Å². The highest BCUT2D eigenvalue weighted by Crippen LogP contribution is 2.25. The van der Waals surface area contributed by atoms with E-state index >= 15 is 0 Å². The minimum Gasteiger partial charge on any atom is -0.380 e. The van der Waals surface area contributed by atoms with Crippen LogP contribution in [0.25, 0.3) is 0 Å². The number of nitrogens with two attached hydrogens (primary N) is 1. The summed E-state index contributed by atoms with van der Waals surface area (Å²) in [5, 5.41) is 11.0. The molecule has 1 fully saturated rings. The van der Waals surface area contributed by atoms with Gasteiger partial charge in [0.15, 0.2) is 9.84 Å². The van der Waals surface area contributed by atoms with Crippen molar-refractivity contribution in [3.8, 4) is 0 Å². The van der Waals surface area contributed by atoms with Gasteiger partial charge in [0.25, 0.3) is 5.91 Å². The van der Waals surface area contributed by atoms with Crippen LogP contribution in [-0.4, -0.2) is 35.0 Å². The zero-order valence-electron chi connectivity index (χ0n) is 15.2. The molecule has 2 aromatic carbocycles. The van der Waals surface area contributed by atoms with Crippen molar-refractivity contribution < 1.29 is 21.6 Å². The molecule has 0 atom stereocenters. The quantitative estimate of drug-likeness (QED) is 0.613. The summed E-state index contributed by atoms with van der Waals surface area (Å²) in [6.07, 6.45) is 3.02. The molecule has 4 N–H and O–H groups in total. The Morgan fingerprint density at radius 1 is 1.07 bits per heavy atom. The van der Waals surface area contributed by atoms with E-state index in [9.17, 15) is 21.6 Å². The fourth-order valence-electron chi connectivity index (χ4n) is 2.60. The first-order valence-corrected chi connectivity index (χ1v) is 12.0. The third kappa shape index (κ3) is 5.09. The van der Waals surface area contributed by atoms with E-state index in [1.807, 2.05) is 0 Å². The number of sulfone groups is 1. The molecule has 10 heteroatoms. The van der Waals surface area contributed by atoms with Gasteiger partial charge >= 0.3 is 0 Å². The number of hydrogen-bond donors (Lipinski definition) is 3. The second-order valence-electron chi connectivity index (χ2n) is 6.77. The fourth-order valence-corrected chi connectivity index (χ4v) is 4.10. The van der Waals surface area contributed by atoms with Gasteiger partial charge in [-0.2, -0.15) is 0 Å². The van der Waals surface area contributed by atoms with Crippen LogP contribution in [0.4, 0.5) is 5.69 Å². The summed E-state index contributed by atoms with van der Waals surface area (Å²) in [4.78, 5) is 11.6. The molecule has 0 unspecified atom stereocenters. The Hall–Kier alpha value is -2.43. The third-order valence-corrected chi connectivity index (χ3v) is 6.34. The molecule has 0 heterocycles. The second kappa shape index (κ2) is 7.53. The number of rotatable bonds is 7. The maximum Gasteiger partial charge on any atom is 0.251 e. The van der Waals surface area contributed by atoms with Gasteiger partial charge in [-0.25, -0.2) is 22.0 Å². The molecule has 0 spiro atoms. The molecule has 0 bridgehead atoms. The number of nitrogens with one attached hydrogen (secondary N) is 2. The first-order valence-electron chi connectivity index (χ1n) is 8.54. The molecule has 28 heavy (non-hydrogen) atoms. The van der Waals surface area contributed by atoms with Crippen molar-refractivity contribution in [3.63, 3.8) is 0 Å². The molecular formula is C18H21N3O5S2. The van der Waals surface area contributed by atoms with Gasteiger partial charge in [0.2, 0.25) is 10.0 Å². The topological polar surface area (TPSA) is 135 Å². The third-order valence-electron chi connectivity index (χ3n) is 4.29. The summed E-state index contributed by atoms with van der Waals surface area (Å²) in [5.41, 5.74) is 1.66. The van der Waals surface area contributed by atoms with Crippen LogP contribution in [0.2, 0.25) is 0 Å². The number of hydrogen-bond acceptors (Lipinski definition) is 6. The van der Waals surface area contributed by atoms with E-state index in [1.54, 1.807) is 24.3 Å². The van der Waals surface area contributed by atoms with Crippen LogP contribution in [0, 0.1) is 0 Å². The summed E-state index contributed by atoms with van der Waals surface area (Å²) in [6.45, 7) is 0.293. The standard InChI is InChI=1S/C18H21N3O5S2/c1-27(23,24)17-10-15(28(19,25)26)8-9-16(17)20-11-12-2-4-13(5-3-12)18(22)21-14-6-7-14/h2-5,8-10,14,20H,6-7,11H2,1H3,(H,21,22)(H2,19,25,26). The van der Waals surface area contributed by atoms with Gasteiger partial charge in [-0.15, -0.1) is 0 Å². The summed E-state index contributed by atoms with van der Waals surface area (Å²) in [6, 6.07) is 10.9. The largest absolute Gasteiger partial charge is 0.380 e.